The third kappa shape index (κ3) is 4.89. The summed E-state index contributed by atoms with van der Waals surface area (Å²) in [6, 6.07) is 14.5. The van der Waals surface area contributed by atoms with Gasteiger partial charge in [-0.1, -0.05) is 43.6 Å². The minimum absolute atomic E-state index is 0.0747. The second-order valence-corrected chi connectivity index (χ2v) is 7.93. The molecule has 1 unspecified atom stereocenters. The van der Waals surface area contributed by atoms with E-state index >= 15 is 0 Å². The van der Waals surface area contributed by atoms with Crippen molar-refractivity contribution in [3.8, 4) is 5.69 Å². The molecule has 0 saturated heterocycles. The Morgan fingerprint density at radius 3 is 2.47 bits per heavy atom. The molecule has 7 heteroatoms. The Labute approximate surface area is 181 Å². The van der Waals surface area contributed by atoms with Crippen molar-refractivity contribution in [2.24, 2.45) is 0 Å². The molecule has 3 aromatic rings. The van der Waals surface area contributed by atoms with E-state index in [1.54, 1.807) is 16.9 Å². The summed E-state index contributed by atoms with van der Waals surface area (Å²) in [6.45, 7) is 7.41. The molecule has 0 aliphatic carbocycles. The first-order chi connectivity index (χ1) is 14.3. The van der Waals surface area contributed by atoms with Gasteiger partial charge in [0.2, 0.25) is 5.91 Å². The van der Waals surface area contributed by atoms with E-state index in [0.717, 1.165) is 16.9 Å². The van der Waals surface area contributed by atoms with Gasteiger partial charge < -0.3 is 10.6 Å². The van der Waals surface area contributed by atoms with Crippen LogP contribution in [0.15, 0.2) is 54.7 Å². The molecule has 6 nitrogen and oxygen atoms in total. The summed E-state index contributed by atoms with van der Waals surface area (Å²) in [6.07, 6.45) is 1.59. The zero-order chi connectivity index (χ0) is 21.8. The molecule has 0 aliphatic rings. The predicted octanol–water partition coefficient (Wildman–Crippen LogP) is 5.10. The van der Waals surface area contributed by atoms with Gasteiger partial charge in [-0.3, -0.25) is 9.59 Å². The number of hydrogen-bond donors (Lipinski definition) is 2. The van der Waals surface area contributed by atoms with Gasteiger partial charge in [-0.05, 0) is 48.7 Å². The molecular formula is C23H25ClN4O2. The Morgan fingerprint density at radius 1 is 1.07 bits per heavy atom. The lowest BCUT2D eigenvalue weighted by atomic mass is 10.0. The van der Waals surface area contributed by atoms with Gasteiger partial charge in [0.25, 0.3) is 5.91 Å². The van der Waals surface area contributed by atoms with Crippen molar-refractivity contribution in [3.05, 3.63) is 76.6 Å². The molecule has 3 rings (SSSR count). The lowest BCUT2D eigenvalue weighted by Crippen LogP contribution is -2.27. The average molecular weight is 425 g/mol. The third-order valence-electron chi connectivity index (χ3n) is 4.71. The average Bonchev–Trinajstić information content (AvgIpc) is 3.13. The number of halogens is 1. The zero-order valence-electron chi connectivity index (χ0n) is 17.4. The number of hydrogen-bond acceptors (Lipinski definition) is 3. The van der Waals surface area contributed by atoms with Crippen LogP contribution in [0.25, 0.3) is 5.69 Å². The summed E-state index contributed by atoms with van der Waals surface area (Å²) in [5.74, 6) is -0.270. The Kier molecular flexibility index (Phi) is 6.57. The van der Waals surface area contributed by atoms with Crippen LogP contribution in [0.5, 0.6) is 0 Å². The molecule has 156 valence electrons. The molecule has 0 saturated carbocycles. The van der Waals surface area contributed by atoms with Crippen LogP contribution < -0.4 is 10.6 Å². The Hall–Kier alpha value is -3.12. The Balaban J connectivity index is 1.86. The van der Waals surface area contributed by atoms with Gasteiger partial charge in [-0.25, -0.2) is 4.68 Å². The van der Waals surface area contributed by atoms with Crippen molar-refractivity contribution in [3.63, 3.8) is 0 Å². The molecule has 1 heterocycles. The van der Waals surface area contributed by atoms with Gasteiger partial charge in [-0.15, -0.1) is 0 Å². The number of benzene rings is 2. The van der Waals surface area contributed by atoms with E-state index in [1.807, 2.05) is 63.2 Å². The maximum Gasteiger partial charge on any atom is 0.255 e. The molecule has 0 fully saturated rings. The molecular weight excluding hydrogens is 400 g/mol. The summed E-state index contributed by atoms with van der Waals surface area (Å²) in [5, 5.41) is 10.8. The van der Waals surface area contributed by atoms with E-state index in [-0.39, 0.29) is 23.8 Å². The number of anilines is 1. The van der Waals surface area contributed by atoms with Crippen LogP contribution in [-0.4, -0.2) is 21.6 Å². The number of rotatable bonds is 6. The van der Waals surface area contributed by atoms with Crippen molar-refractivity contribution in [2.45, 2.75) is 39.7 Å². The SMILES string of the molecule is CC(=O)Nc1cccc(C(C)NC(=O)c2cnn(-c3cccc(Cl)c3)c2C(C)C)c1. The first kappa shape index (κ1) is 21.6. The number of amides is 2. The summed E-state index contributed by atoms with van der Waals surface area (Å²) < 4.78 is 1.76. The summed E-state index contributed by atoms with van der Waals surface area (Å²) in [7, 11) is 0. The maximum absolute atomic E-state index is 13.1. The van der Waals surface area contributed by atoms with Gasteiger partial charge in [0.15, 0.2) is 0 Å². The molecule has 1 aromatic heterocycles. The molecule has 0 aliphatic heterocycles. The second kappa shape index (κ2) is 9.13. The van der Waals surface area contributed by atoms with Crippen LogP contribution >= 0.6 is 11.6 Å². The lowest BCUT2D eigenvalue weighted by Gasteiger charge is -2.17. The Morgan fingerprint density at radius 2 is 1.80 bits per heavy atom. The first-order valence-electron chi connectivity index (χ1n) is 9.78. The quantitative estimate of drug-likeness (QED) is 0.578. The van der Waals surface area contributed by atoms with E-state index in [4.69, 9.17) is 11.6 Å². The molecule has 0 spiro atoms. The van der Waals surface area contributed by atoms with Gasteiger partial charge >= 0.3 is 0 Å². The lowest BCUT2D eigenvalue weighted by molar-refractivity contribution is -0.114. The van der Waals surface area contributed by atoms with E-state index in [1.165, 1.54) is 6.92 Å². The summed E-state index contributed by atoms with van der Waals surface area (Å²) in [4.78, 5) is 24.4. The van der Waals surface area contributed by atoms with Crippen LogP contribution in [0.4, 0.5) is 5.69 Å². The zero-order valence-corrected chi connectivity index (χ0v) is 18.2. The number of carbonyl (C=O) groups is 2. The van der Waals surface area contributed by atoms with E-state index in [2.05, 4.69) is 15.7 Å². The van der Waals surface area contributed by atoms with Crippen molar-refractivity contribution in [1.29, 1.82) is 0 Å². The van der Waals surface area contributed by atoms with Crippen molar-refractivity contribution >= 4 is 29.1 Å². The number of nitrogens with one attached hydrogen (secondary N) is 2. The van der Waals surface area contributed by atoms with Crippen molar-refractivity contribution < 1.29 is 9.59 Å². The van der Waals surface area contributed by atoms with Crippen LogP contribution in [0, 0.1) is 0 Å². The minimum Gasteiger partial charge on any atom is -0.345 e. The second-order valence-electron chi connectivity index (χ2n) is 7.49. The number of aromatic nitrogens is 2. The predicted molar refractivity (Wildman–Crippen MR) is 119 cm³/mol. The highest BCUT2D eigenvalue weighted by molar-refractivity contribution is 6.30. The highest BCUT2D eigenvalue weighted by Crippen LogP contribution is 2.25. The molecule has 2 amide bonds. The third-order valence-corrected chi connectivity index (χ3v) is 4.94. The van der Waals surface area contributed by atoms with E-state index < -0.39 is 0 Å². The Bertz CT molecular complexity index is 1070. The van der Waals surface area contributed by atoms with E-state index in [9.17, 15) is 9.59 Å². The molecule has 2 N–H and O–H groups in total. The molecule has 1 atom stereocenters. The number of nitrogens with zero attached hydrogens (tertiary/aromatic N) is 2. The van der Waals surface area contributed by atoms with Gasteiger partial charge in [0.1, 0.15) is 0 Å². The highest BCUT2D eigenvalue weighted by Gasteiger charge is 2.22. The van der Waals surface area contributed by atoms with Gasteiger partial charge in [0.05, 0.1) is 29.2 Å². The fourth-order valence-corrected chi connectivity index (χ4v) is 3.53. The number of carbonyl (C=O) groups excluding carboxylic acids is 2. The van der Waals surface area contributed by atoms with Gasteiger partial charge in [0, 0.05) is 17.6 Å². The van der Waals surface area contributed by atoms with Crippen molar-refractivity contribution in [2.75, 3.05) is 5.32 Å². The standard InChI is InChI=1S/C23H25ClN4O2/c1-14(2)22-21(13-25-28(22)20-10-6-8-18(24)12-20)23(30)26-15(3)17-7-5-9-19(11-17)27-16(4)29/h5-15H,1-4H3,(H,26,30)(H,27,29). The topological polar surface area (TPSA) is 76.0 Å². The van der Waals surface area contributed by atoms with Gasteiger partial charge in [-0.2, -0.15) is 5.10 Å². The minimum atomic E-state index is -0.249. The normalized spacial score (nSPS) is 11.9. The molecule has 0 bridgehead atoms. The first-order valence-corrected chi connectivity index (χ1v) is 10.2. The van der Waals surface area contributed by atoms with E-state index in [0.29, 0.717) is 16.3 Å². The molecule has 2 aromatic carbocycles. The van der Waals surface area contributed by atoms with Crippen molar-refractivity contribution in [1.82, 2.24) is 15.1 Å². The fourth-order valence-electron chi connectivity index (χ4n) is 3.35. The van der Waals surface area contributed by atoms with Crippen LogP contribution in [0.2, 0.25) is 5.02 Å². The molecule has 30 heavy (non-hydrogen) atoms. The summed E-state index contributed by atoms with van der Waals surface area (Å²) >= 11 is 6.13. The largest absolute Gasteiger partial charge is 0.345 e. The van der Waals surface area contributed by atoms with Crippen LogP contribution in [0.3, 0.4) is 0 Å². The smallest absolute Gasteiger partial charge is 0.255 e. The fraction of sp³-hybridized carbons (Fsp3) is 0.261. The summed E-state index contributed by atoms with van der Waals surface area (Å²) in [5.41, 5.74) is 3.73. The maximum atomic E-state index is 13.1. The highest BCUT2D eigenvalue weighted by atomic mass is 35.5. The van der Waals surface area contributed by atoms with Crippen LogP contribution in [0.1, 0.15) is 61.3 Å². The molecule has 0 radical (unpaired) electrons. The van der Waals surface area contributed by atoms with Crippen LogP contribution in [-0.2, 0) is 4.79 Å². The monoisotopic (exact) mass is 424 g/mol.